The van der Waals surface area contributed by atoms with E-state index in [9.17, 15) is 5.11 Å². The van der Waals surface area contributed by atoms with Crippen molar-refractivity contribution in [1.82, 2.24) is 0 Å². The van der Waals surface area contributed by atoms with Crippen LogP contribution in [0.4, 0.5) is 0 Å². The van der Waals surface area contributed by atoms with Gasteiger partial charge >= 0.3 is 0 Å². The standard InChI is InChI=1S/C32H58O10/c1-2-3-4-5-6-7-8-9-10-30-11-13-31(14-12-30)42-32(34)29-41-28-27-40-26-25-39-24-23-38-22-21-37-20-19-36-18-17-35-16-15-33/h11-14,32-34H,2-10,15-29H2,1H3. The Morgan fingerprint density at radius 3 is 1.38 bits per heavy atom. The molecule has 0 aromatic heterocycles. The molecule has 0 aliphatic carbocycles. The van der Waals surface area contributed by atoms with E-state index in [1.807, 2.05) is 12.1 Å². The van der Waals surface area contributed by atoms with E-state index in [4.69, 9.17) is 43.0 Å². The molecule has 1 rings (SSSR count). The van der Waals surface area contributed by atoms with Crippen LogP contribution in [-0.2, 0) is 39.6 Å². The van der Waals surface area contributed by atoms with E-state index in [0.29, 0.717) is 91.6 Å². The van der Waals surface area contributed by atoms with Gasteiger partial charge in [0, 0.05) is 0 Å². The lowest BCUT2D eigenvalue weighted by molar-refractivity contribution is -0.0860. The molecule has 0 aliphatic rings. The fourth-order valence-electron chi connectivity index (χ4n) is 3.96. The smallest absolute Gasteiger partial charge is 0.221 e. The molecule has 1 aromatic rings. The van der Waals surface area contributed by atoms with Crippen LogP contribution in [0.25, 0.3) is 0 Å². The summed E-state index contributed by atoms with van der Waals surface area (Å²) in [4.78, 5) is 0. The Hall–Kier alpha value is -1.34. The molecule has 1 unspecified atom stereocenters. The summed E-state index contributed by atoms with van der Waals surface area (Å²) in [5.74, 6) is 0.637. The zero-order valence-corrected chi connectivity index (χ0v) is 26.0. The molecule has 0 aliphatic heterocycles. The fourth-order valence-corrected chi connectivity index (χ4v) is 3.96. The maximum Gasteiger partial charge on any atom is 0.221 e. The van der Waals surface area contributed by atoms with E-state index in [1.54, 1.807) is 0 Å². The second-order valence-electron chi connectivity index (χ2n) is 9.91. The summed E-state index contributed by atoms with van der Waals surface area (Å²) in [7, 11) is 0. The highest BCUT2D eigenvalue weighted by Crippen LogP contribution is 2.16. The Morgan fingerprint density at radius 2 is 0.929 bits per heavy atom. The number of aliphatic hydroxyl groups is 2. The van der Waals surface area contributed by atoms with Gasteiger partial charge in [0.2, 0.25) is 6.29 Å². The van der Waals surface area contributed by atoms with Crippen molar-refractivity contribution in [2.75, 3.05) is 99.1 Å². The summed E-state index contributed by atoms with van der Waals surface area (Å²) in [5, 5.41) is 18.6. The Labute approximate surface area is 253 Å². The van der Waals surface area contributed by atoms with Crippen molar-refractivity contribution >= 4 is 0 Å². The third-order valence-electron chi connectivity index (χ3n) is 6.24. The van der Waals surface area contributed by atoms with Gasteiger partial charge in [-0.1, -0.05) is 64.0 Å². The van der Waals surface area contributed by atoms with E-state index >= 15 is 0 Å². The van der Waals surface area contributed by atoms with Gasteiger partial charge in [-0.3, -0.25) is 0 Å². The van der Waals surface area contributed by atoms with Crippen LogP contribution in [0.2, 0.25) is 0 Å². The van der Waals surface area contributed by atoms with Gasteiger partial charge in [-0.25, -0.2) is 0 Å². The second-order valence-corrected chi connectivity index (χ2v) is 9.91. The molecule has 246 valence electrons. The molecule has 0 spiro atoms. The second kappa shape index (κ2) is 31.1. The number of aliphatic hydroxyl groups excluding tert-OH is 2. The van der Waals surface area contributed by atoms with Crippen LogP contribution < -0.4 is 4.74 Å². The van der Waals surface area contributed by atoms with Crippen LogP contribution in [0.15, 0.2) is 24.3 Å². The first-order valence-corrected chi connectivity index (χ1v) is 15.8. The predicted molar refractivity (Wildman–Crippen MR) is 162 cm³/mol. The number of unbranched alkanes of at least 4 members (excludes halogenated alkanes) is 7. The van der Waals surface area contributed by atoms with Gasteiger partial charge in [-0.2, -0.15) is 0 Å². The lowest BCUT2D eigenvalue weighted by Crippen LogP contribution is -2.23. The third-order valence-corrected chi connectivity index (χ3v) is 6.24. The number of benzene rings is 1. The van der Waals surface area contributed by atoms with Crippen LogP contribution >= 0.6 is 0 Å². The molecule has 0 saturated carbocycles. The minimum absolute atomic E-state index is 0.0244. The zero-order chi connectivity index (χ0) is 30.2. The molecule has 42 heavy (non-hydrogen) atoms. The topological polar surface area (TPSA) is 114 Å². The minimum atomic E-state index is -1.02. The molecule has 0 amide bonds. The van der Waals surface area contributed by atoms with Crippen molar-refractivity contribution in [3.05, 3.63) is 29.8 Å². The summed E-state index contributed by atoms with van der Waals surface area (Å²) in [6.45, 7) is 8.33. The Morgan fingerprint density at radius 1 is 0.524 bits per heavy atom. The van der Waals surface area contributed by atoms with Gasteiger partial charge in [-0.15, -0.1) is 0 Å². The maximum absolute atomic E-state index is 10.1. The first-order valence-electron chi connectivity index (χ1n) is 15.8. The molecular weight excluding hydrogens is 544 g/mol. The molecular formula is C32H58O10. The Kier molecular flexibility index (Phi) is 28.6. The van der Waals surface area contributed by atoms with Crippen LogP contribution in [0.3, 0.4) is 0 Å². The predicted octanol–water partition coefficient (Wildman–Crippen LogP) is 4.18. The summed E-state index contributed by atoms with van der Waals surface area (Å²) < 4.78 is 43.2. The number of ether oxygens (including phenoxy) is 8. The highest BCUT2D eigenvalue weighted by atomic mass is 16.6. The minimum Gasteiger partial charge on any atom is -0.463 e. The van der Waals surface area contributed by atoms with Gasteiger partial charge < -0.3 is 48.1 Å². The van der Waals surface area contributed by atoms with Gasteiger partial charge in [-0.05, 0) is 30.5 Å². The molecule has 10 heteroatoms. The van der Waals surface area contributed by atoms with Gasteiger partial charge in [0.15, 0.2) is 0 Å². The van der Waals surface area contributed by atoms with Gasteiger partial charge in [0.05, 0.1) is 92.5 Å². The van der Waals surface area contributed by atoms with Crippen molar-refractivity contribution in [2.45, 2.75) is 71.0 Å². The SMILES string of the molecule is CCCCCCCCCCc1ccc(OC(O)COCCOCCOCCOCCOCCOCCOCCO)cc1. The molecule has 2 N–H and O–H groups in total. The molecule has 0 radical (unpaired) electrons. The summed E-state index contributed by atoms with van der Waals surface area (Å²) in [6.07, 6.45) is 10.6. The first-order chi connectivity index (χ1) is 20.8. The molecule has 0 heterocycles. The van der Waals surface area contributed by atoms with Crippen molar-refractivity contribution in [3.8, 4) is 5.75 Å². The molecule has 1 aromatic carbocycles. The van der Waals surface area contributed by atoms with E-state index in [2.05, 4.69) is 19.1 Å². The summed E-state index contributed by atoms with van der Waals surface area (Å²) in [5.41, 5.74) is 1.30. The molecule has 10 nitrogen and oxygen atoms in total. The van der Waals surface area contributed by atoms with Crippen LogP contribution in [0, 0.1) is 0 Å². The average molecular weight is 603 g/mol. The number of hydrogen-bond donors (Lipinski definition) is 2. The van der Waals surface area contributed by atoms with Crippen molar-refractivity contribution < 1.29 is 48.1 Å². The van der Waals surface area contributed by atoms with Crippen molar-refractivity contribution in [2.24, 2.45) is 0 Å². The van der Waals surface area contributed by atoms with Crippen LogP contribution in [0.1, 0.15) is 63.9 Å². The fraction of sp³-hybridized carbons (Fsp3) is 0.812. The summed E-state index contributed by atoms with van der Waals surface area (Å²) in [6, 6.07) is 7.95. The van der Waals surface area contributed by atoms with Crippen molar-refractivity contribution in [3.63, 3.8) is 0 Å². The highest BCUT2D eigenvalue weighted by Gasteiger charge is 2.06. The number of rotatable bonds is 33. The Bertz CT molecular complexity index is 661. The largest absolute Gasteiger partial charge is 0.463 e. The average Bonchev–Trinajstić information content (AvgIpc) is 3.00. The lowest BCUT2D eigenvalue weighted by atomic mass is 10.0. The number of hydrogen-bond acceptors (Lipinski definition) is 10. The lowest BCUT2D eigenvalue weighted by Gasteiger charge is -2.14. The number of aryl methyl sites for hydroxylation is 1. The van der Waals surface area contributed by atoms with Gasteiger partial charge in [0.1, 0.15) is 12.4 Å². The molecule has 1 atom stereocenters. The maximum atomic E-state index is 10.1. The summed E-state index contributed by atoms with van der Waals surface area (Å²) >= 11 is 0. The van der Waals surface area contributed by atoms with Crippen LogP contribution in [-0.4, -0.2) is 116 Å². The first kappa shape index (κ1) is 38.7. The molecule has 0 fully saturated rings. The van der Waals surface area contributed by atoms with Gasteiger partial charge in [0.25, 0.3) is 0 Å². The quantitative estimate of drug-likeness (QED) is 0.0897. The third kappa shape index (κ3) is 26.3. The van der Waals surface area contributed by atoms with E-state index in [0.717, 1.165) is 6.42 Å². The van der Waals surface area contributed by atoms with E-state index in [-0.39, 0.29) is 13.2 Å². The Balaban J connectivity index is 1.82. The normalized spacial score (nSPS) is 12.2. The molecule has 0 bridgehead atoms. The molecule has 0 saturated heterocycles. The van der Waals surface area contributed by atoms with Crippen LogP contribution in [0.5, 0.6) is 5.75 Å². The monoisotopic (exact) mass is 602 g/mol. The highest BCUT2D eigenvalue weighted by molar-refractivity contribution is 5.27. The van der Waals surface area contributed by atoms with E-state index in [1.165, 1.54) is 56.9 Å². The van der Waals surface area contributed by atoms with Crippen molar-refractivity contribution in [1.29, 1.82) is 0 Å². The zero-order valence-electron chi connectivity index (χ0n) is 26.0. The van der Waals surface area contributed by atoms with E-state index < -0.39 is 6.29 Å².